The van der Waals surface area contributed by atoms with Crippen LogP contribution in [0.3, 0.4) is 0 Å². The Morgan fingerprint density at radius 1 is 1.00 bits per heavy atom. The molecule has 0 heterocycles. The summed E-state index contributed by atoms with van der Waals surface area (Å²) in [6.07, 6.45) is 0.965. The molecule has 1 aliphatic carbocycles. The molecule has 29 heavy (non-hydrogen) atoms. The minimum Gasteiger partial charge on any atom is -0.478 e. The monoisotopic (exact) mass is 397 g/mol. The molecule has 0 saturated heterocycles. The van der Waals surface area contributed by atoms with Gasteiger partial charge in [-0.15, -0.1) is 0 Å². The molecule has 0 spiro atoms. The fourth-order valence-electron chi connectivity index (χ4n) is 3.95. The highest BCUT2D eigenvalue weighted by Gasteiger charge is 2.29. The number of benzene rings is 2. The number of ketones is 1. The van der Waals surface area contributed by atoms with Gasteiger partial charge in [0.2, 0.25) is 0 Å². The lowest BCUT2D eigenvalue weighted by atomic mass is 9.84. The van der Waals surface area contributed by atoms with E-state index in [4.69, 9.17) is 0 Å². The molecule has 6 nitrogen and oxygen atoms in total. The van der Waals surface area contributed by atoms with Gasteiger partial charge >= 0.3 is 5.97 Å². The van der Waals surface area contributed by atoms with Crippen LogP contribution in [0.4, 0.5) is 5.69 Å². The molecule has 0 bridgehead atoms. The summed E-state index contributed by atoms with van der Waals surface area (Å²) in [6.45, 7) is 3.46. The summed E-state index contributed by atoms with van der Waals surface area (Å²) in [5.74, 6) is -1.35. The van der Waals surface area contributed by atoms with Crippen molar-refractivity contribution in [3.63, 3.8) is 0 Å². The summed E-state index contributed by atoms with van der Waals surface area (Å²) in [6, 6.07) is 13.3. The van der Waals surface area contributed by atoms with Gasteiger partial charge in [0.15, 0.2) is 5.78 Å². The maximum atomic E-state index is 12.8. The van der Waals surface area contributed by atoms with Crippen molar-refractivity contribution in [2.24, 2.45) is 5.92 Å². The first-order valence-electron chi connectivity index (χ1n) is 9.98. The van der Waals surface area contributed by atoms with E-state index in [1.807, 2.05) is 19.1 Å². The zero-order chi connectivity index (χ0) is 21.0. The smallest absolute Gasteiger partial charge is 0.336 e. The average molecular weight is 397 g/mol. The second kappa shape index (κ2) is 9.20. The predicted octanol–water partition coefficient (Wildman–Crippen LogP) is 2.96. The summed E-state index contributed by atoms with van der Waals surface area (Å²) in [7, 11) is 0. The van der Waals surface area contributed by atoms with Crippen molar-refractivity contribution in [2.75, 3.05) is 18.0 Å². The van der Waals surface area contributed by atoms with Gasteiger partial charge in [0.25, 0.3) is 0 Å². The topological polar surface area (TPSA) is 98.1 Å². The Morgan fingerprint density at radius 2 is 1.66 bits per heavy atom. The van der Waals surface area contributed by atoms with Crippen molar-refractivity contribution in [3.8, 4) is 0 Å². The van der Waals surface area contributed by atoms with Crippen molar-refractivity contribution in [1.29, 1.82) is 0 Å². The first-order chi connectivity index (χ1) is 13.9. The highest BCUT2D eigenvalue weighted by Crippen LogP contribution is 2.28. The van der Waals surface area contributed by atoms with Crippen molar-refractivity contribution < 1.29 is 24.9 Å². The molecule has 2 aromatic carbocycles. The van der Waals surface area contributed by atoms with E-state index in [1.54, 1.807) is 24.3 Å². The Labute approximate surface area is 170 Å². The van der Waals surface area contributed by atoms with Gasteiger partial charge in [0.1, 0.15) is 0 Å². The molecule has 1 fully saturated rings. The van der Waals surface area contributed by atoms with E-state index in [1.165, 1.54) is 12.1 Å². The largest absolute Gasteiger partial charge is 0.478 e. The lowest BCUT2D eigenvalue weighted by Gasteiger charge is -2.35. The highest BCUT2D eigenvalue weighted by molar-refractivity contribution is 6.14. The number of hydrogen-bond donors (Lipinski definition) is 3. The van der Waals surface area contributed by atoms with Gasteiger partial charge in [-0.25, -0.2) is 4.79 Å². The van der Waals surface area contributed by atoms with E-state index in [2.05, 4.69) is 4.90 Å². The Bertz CT molecular complexity index is 864. The molecule has 1 aliphatic rings. The number of nitrogens with zero attached hydrogens (tertiary/aromatic N) is 1. The van der Waals surface area contributed by atoms with Crippen molar-refractivity contribution in [1.82, 2.24) is 0 Å². The van der Waals surface area contributed by atoms with E-state index < -0.39 is 18.2 Å². The maximum absolute atomic E-state index is 12.8. The van der Waals surface area contributed by atoms with Crippen LogP contribution in [-0.2, 0) is 0 Å². The lowest BCUT2D eigenvalue weighted by Crippen LogP contribution is -2.40. The number of carbonyl (C=O) groups is 2. The third-order valence-electron chi connectivity index (χ3n) is 5.66. The van der Waals surface area contributed by atoms with Gasteiger partial charge in [-0.05, 0) is 56.5 Å². The van der Waals surface area contributed by atoms with Crippen molar-refractivity contribution in [3.05, 3.63) is 65.2 Å². The Balaban J connectivity index is 1.75. The molecular weight excluding hydrogens is 370 g/mol. The third-order valence-corrected chi connectivity index (χ3v) is 5.66. The van der Waals surface area contributed by atoms with Gasteiger partial charge < -0.3 is 20.2 Å². The molecule has 1 saturated carbocycles. The quantitative estimate of drug-likeness (QED) is 0.622. The van der Waals surface area contributed by atoms with E-state index >= 15 is 0 Å². The van der Waals surface area contributed by atoms with E-state index in [-0.39, 0.29) is 22.8 Å². The van der Waals surface area contributed by atoms with Crippen LogP contribution in [0.5, 0.6) is 0 Å². The zero-order valence-electron chi connectivity index (χ0n) is 16.5. The van der Waals surface area contributed by atoms with Gasteiger partial charge in [-0.1, -0.05) is 18.2 Å². The predicted molar refractivity (Wildman–Crippen MR) is 111 cm³/mol. The van der Waals surface area contributed by atoms with Crippen molar-refractivity contribution in [2.45, 2.75) is 38.4 Å². The van der Waals surface area contributed by atoms with Gasteiger partial charge in [0, 0.05) is 35.8 Å². The molecule has 3 rings (SSSR count). The van der Waals surface area contributed by atoms with Crippen LogP contribution in [0.15, 0.2) is 48.5 Å². The second-order valence-electron chi connectivity index (χ2n) is 7.56. The summed E-state index contributed by atoms with van der Waals surface area (Å²) in [5.41, 5.74) is 1.53. The van der Waals surface area contributed by atoms with Gasteiger partial charge in [-0.2, -0.15) is 0 Å². The first-order valence-corrected chi connectivity index (χ1v) is 9.98. The molecule has 3 unspecified atom stereocenters. The molecule has 6 heteroatoms. The summed E-state index contributed by atoms with van der Waals surface area (Å²) >= 11 is 0. The number of carboxylic acid groups (broad SMARTS) is 1. The molecule has 0 aromatic heterocycles. The van der Waals surface area contributed by atoms with Crippen LogP contribution < -0.4 is 4.90 Å². The lowest BCUT2D eigenvalue weighted by molar-refractivity contribution is 0.00367. The van der Waals surface area contributed by atoms with Crippen LogP contribution >= 0.6 is 0 Å². The second-order valence-corrected chi connectivity index (χ2v) is 7.56. The van der Waals surface area contributed by atoms with Gasteiger partial charge in [0.05, 0.1) is 17.8 Å². The minimum atomic E-state index is -1.13. The van der Waals surface area contributed by atoms with Gasteiger partial charge in [-0.3, -0.25) is 4.79 Å². The fraction of sp³-hybridized carbons (Fsp3) is 0.391. The summed E-state index contributed by atoms with van der Waals surface area (Å²) < 4.78 is 0. The number of hydrogen-bond acceptors (Lipinski definition) is 5. The third kappa shape index (κ3) is 4.83. The van der Waals surface area contributed by atoms with Crippen molar-refractivity contribution >= 4 is 17.4 Å². The number of aliphatic hydroxyl groups is 2. The van der Waals surface area contributed by atoms with Crippen LogP contribution in [0.1, 0.15) is 52.5 Å². The number of aromatic carboxylic acids is 1. The summed E-state index contributed by atoms with van der Waals surface area (Å²) in [4.78, 5) is 26.3. The first kappa shape index (κ1) is 21.0. The van der Waals surface area contributed by atoms with E-state index in [9.17, 15) is 24.9 Å². The Morgan fingerprint density at radius 3 is 2.24 bits per heavy atom. The fourth-order valence-corrected chi connectivity index (χ4v) is 3.95. The average Bonchev–Trinajstić information content (AvgIpc) is 2.73. The molecule has 3 atom stereocenters. The summed E-state index contributed by atoms with van der Waals surface area (Å²) in [5, 5.41) is 29.3. The van der Waals surface area contributed by atoms with E-state index in [0.717, 1.165) is 18.7 Å². The molecule has 3 N–H and O–H groups in total. The Hall–Kier alpha value is -2.70. The molecule has 0 amide bonds. The minimum absolute atomic E-state index is 0.00904. The molecule has 2 aromatic rings. The molecule has 0 aliphatic heterocycles. The zero-order valence-corrected chi connectivity index (χ0v) is 16.5. The molecule has 154 valence electrons. The van der Waals surface area contributed by atoms with Crippen LogP contribution in [0.2, 0.25) is 0 Å². The van der Waals surface area contributed by atoms with Crippen LogP contribution in [0, 0.1) is 5.92 Å². The number of carbonyl (C=O) groups excluding carboxylic acids is 1. The standard InChI is InChI=1S/C23H27NO5/c1-2-24(14-16-9-12-18(25)13-21(16)26)17-10-7-15(8-11-17)22(27)19-5-3-4-6-20(19)23(28)29/h3-8,10-11,16,18,21,25-26H,2,9,12-14H2,1H3,(H,28,29). The maximum Gasteiger partial charge on any atom is 0.336 e. The van der Waals surface area contributed by atoms with E-state index in [0.29, 0.717) is 24.9 Å². The normalized spacial score (nSPS) is 21.6. The Kier molecular flexibility index (Phi) is 6.67. The molecule has 0 radical (unpaired) electrons. The molecular formula is C23H27NO5. The number of aliphatic hydroxyl groups excluding tert-OH is 2. The number of rotatable bonds is 7. The highest BCUT2D eigenvalue weighted by atomic mass is 16.4. The number of carboxylic acids is 1. The number of anilines is 1. The SMILES string of the molecule is CCN(CC1CCC(O)CC1O)c1ccc(C(=O)c2ccccc2C(=O)O)cc1. The van der Waals surface area contributed by atoms with Crippen LogP contribution in [-0.4, -0.2) is 52.4 Å². The van der Waals surface area contributed by atoms with Crippen LogP contribution in [0.25, 0.3) is 0 Å².